The summed E-state index contributed by atoms with van der Waals surface area (Å²) in [6.45, 7) is 1.27. The first kappa shape index (κ1) is 22.2. The highest BCUT2D eigenvalue weighted by Crippen LogP contribution is 2.25. The number of nitrogens with one attached hydrogen (secondary N) is 1. The molecule has 166 valence electrons. The number of aromatic nitrogens is 1. The van der Waals surface area contributed by atoms with Crippen LogP contribution in [0.1, 0.15) is 59.2 Å². The summed E-state index contributed by atoms with van der Waals surface area (Å²) in [6.07, 6.45) is 7.81. The normalized spacial score (nSPS) is 13.1. The maximum absolute atomic E-state index is 13.4. The lowest BCUT2D eigenvalue weighted by molar-refractivity contribution is 0.0651. The van der Waals surface area contributed by atoms with E-state index in [4.69, 9.17) is 11.6 Å². The van der Waals surface area contributed by atoms with Gasteiger partial charge < -0.3 is 5.32 Å². The number of nitrogens with zero attached hydrogens (tertiary/aromatic N) is 2. The highest BCUT2D eigenvalue weighted by molar-refractivity contribution is 6.31. The molecule has 1 aliphatic heterocycles. The second-order valence-corrected chi connectivity index (χ2v) is 8.46. The van der Waals surface area contributed by atoms with Crippen molar-refractivity contribution >= 4 is 40.0 Å². The number of amides is 2. The zero-order valence-electron chi connectivity index (χ0n) is 17.7. The average Bonchev–Trinajstić information content (AvgIpc) is 3.01. The van der Waals surface area contributed by atoms with Gasteiger partial charge in [-0.15, -0.1) is 0 Å². The molecule has 0 atom stereocenters. The van der Waals surface area contributed by atoms with Gasteiger partial charge in [-0.25, -0.2) is 4.39 Å². The van der Waals surface area contributed by atoms with Gasteiger partial charge >= 0.3 is 0 Å². The van der Waals surface area contributed by atoms with Gasteiger partial charge in [-0.1, -0.05) is 37.3 Å². The molecule has 0 bridgehead atoms. The Kier molecular flexibility index (Phi) is 7.00. The van der Waals surface area contributed by atoms with Gasteiger partial charge in [-0.05, 0) is 55.3 Å². The van der Waals surface area contributed by atoms with E-state index in [0.29, 0.717) is 17.1 Å². The minimum atomic E-state index is -0.497. The highest BCUT2D eigenvalue weighted by Gasteiger charge is 2.35. The van der Waals surface area contributed by atoms with Crippen molar-refractivity contribution in [3.63, 3.8) is 0 Å². The lowest BCUT2D eigenvalue weighted by Gasteiger charge is -2.13. The Labute approximate surface area is 191 Å². The lowest BCUT2D eigenvalue weighted by atomic mass is 10.1. The van der Waals surface area contributed by atoms with Crippen LogP contribution in [0.15, 0.2) is 48.7 Å². The molecule has 2 amide bonds. The average molecular weight is 454 g/mol. The van der Waals surface area contributed by atoms with E-state index < -0.39 is 5.82 Å². The van der Waals surface area contributed by atoms with E-state index in [1.165, 1.54) is 17.0 Å². The first-order chi connectivity index (χ1) is 15.5. The molecule has 3 aromatic rings. The smallest absolute Gasteiger partial charge is 0.261 e. The summed E-state index contributed by atoms with van der Waals surface area (Å²) in [5, 5.41) is 5.22. The van der Waals surface area contributed by atoms with Gasteiger partial charge in [0.2, 0.25) is 0 Å². The van der Waals surface area contributed by atoms with Crippen molar-refractivity contribution in [2.75, 3.05) is 18.4 Å². The number of imide groups is 1. The number of carbonyl (C=O) groups is 2. The van der Waals surface area contributed by atoms with Crippen molar-refractivity contribution in [1.82, 2.24) is 9.88 Å². The minimum absolute atomic E-state index is 0.174. The van der Waals surface area contributed by atoms with Crippen molar-refractivity contribution in [2.24, 2.45) is 0 Å². The Morgan fingerprint density at radius 1 is 0.875 bits per heavy atom. The molecular formula is C25H25ClFN3O2. The summed E-state index contributed by atoms with van der Waals surface area (Å²) in [7, 11) is 0. The first-order valence-corrected chi connectivity index (χ1v) is 11.4. The molecule has 2 aromatic carbocycles. The first-order valence-electron chi connectivity index (χ1n) is 11.0. The summed E-state index contributed by atoms with van der Waals surface area (Å²) in [5.74, 6) is -1.20. The molecule has 0 saturated heterocycles. The minimum Gasteiger partial charge on any atom is -0.384 e. The zero-order valence-corrected chi connectivity index (χ0v) is 18.5. The third kappa shape index (κ3) is 4.91. The predicted molar refractivity (Wildman–Crippen MR) is 125 cm³/mol. The summed E-state index contributed by atoms with van der Waals surface area (Å²) in [6, 6.07) is 11.5. The molecular weight excluding hydrogens is 429 g/mol. The fourth-order valence-electron chi connectivity index (χ4n) is 4.07. The molecule has 0 spiro atoms. The fourth-order valence-corrected chi connectivity index (χ4v) is 4.23. The lowest BCUT2D eigenvalue weighted by Crippen LogP contribution is -2.30. The molecule has 5 nitrogen and oxygen atoms in total. The number of benzene rings is 2. The second-order valence-electron chi connectivity index (χ2n) is 8.02. The van der Waals surface area contributed by atoms with E-state index >= 15 is 0 Å². The maximum atomic E-state index is 13.4. The molecule has 7 heteroatoms. The molecule has 4 rings (SSSR count). The van der Waals surface area contributed by atoms with E-state index in [9.17, 15) is 14.0 Å². The maximum Gasteiger partial charge on any atom is 0.261 e. The third-order valence-corrected chi connectivity index (χ3v) is 6.00. The topological polar surface area (TPSA) is 62.3 Å². The molecule has 32 heavy (non-hydrogen) atoms. The molecule has 0 unspecified atom stereocenters. The van der Waals surface area contributed by atoms with Gasteiger partial charge in [0.15, 0.2) is 0 Å². The summed E-state index contributed by atoms with van der Waals surface area (Å²) >= 11 is 6.04. The van der Waals surface area contributed by atoms with Crippen LogP contribution in [0, 0.1) is 5.82 Å². The van der Waals surface area contributed by atoms with E-state index in [2.05, 4.69) is 10.3 Å². The molecule has 0 radical (unpaired) electrons. The van der Waals surface area contributed by atoms with Crippen molar-refractivity contribution in [1.29, 1.82) is 0 Å². The monoisotopic (exact) mass is 453 g/mol. The van der Waals surface area contributed by atoms with Gasteiger partial charge in [-0.2, -0.15) is 0 Å². The Hall–Kier alpha value is -2.99. The van der Waals surface area contributed by atoms with Gasteiger partial charge in [-0.3, -0.25) is 19.5 Å². The van der Waals surface area contributed by atoms with Crippen LogP contribution >= 0.6 is 11.6 Å². The number of fused-ring (bicyclic) bond motifs is 2. The van der Waals surface area contributed by atoms with Crippen LogP contribution in [-0.2, 0) is 0 Å². The predicted octanol–water partition coefficient (Wildman–Crippen LogP) is 6.08. The molecule has 1 aromatic heterocycles. The number of carbonyl (C=O) groups excluding carboxylic acids is 2. The Morgan fingerprint density at radius 2 is 1.62 bits per heavy atom. The molecule has 2 heterocycles. The van der Waals surface area contributed by atoms with E-state index in [1.54, 1.807) is 6.20 Å². The number of halogens is 2. The van der Waals surface area contributed by atoms with Crippen LogP contribution in [-0.4, -0.2) is 34.8 Å². The number of anilines is 1. The van der Waals surface area contributed by atoms with E-state index in [1.807, 2.05) is 24.3 Å². The number of pyridine rings is 1. The van der Waals surface area contributed by atoms with Crippen LogP contribution in [0.2, 0.25) is 5.02 Å². The molecule has 1 aliphatic rings. The van der Waals surface area contributed by atoms with Crippen molar-refractivity contribution in [2.45, 2.75) is 38.5 Å². The quantitative estimate of drug-likeness (QED) is 0.298. The van der Waals surface area contributed by atoms with Gasteiger partial charge in [0.25, 0.3) is 11.8 Å². The van der Waals surface area contributed by atoms with Crippen LogP contribution in [0.5, 0.6) is 0 Å². The zero-order chi connectivity index (χ0) is 22.5. The molecule has 0 saturated carbocycles. The molecule has 0 fully saturated rings. The third-order valence-electron chi connectivity index (χ3n) is 5.76. The summed E-state index contributed by atoms with van der Waals surface area (Å²) in [5.41, 5.74) is 2.42. The number of hydrogen-bond donors (Lipinski definition) is 1. The Bertz CT molecular complexity index is 1150. The second kappa shape index (κ2) is 10.1. The van der Waals surface area contributed by atoms with E-state index in [-0.39, 0.29) is 17.4 Å². The van der Waals surface area contributed by atoms with Crippen LogP contribution in [0.25, 0.3) is 10.9 Å². The molecule has 0 aliphatic carbocycles. The van der Waals surface area contributed by atoms with Gasteiger partial charge in [0.1, 0.15) is 5.82 Å². The summed E-state index contributed by atoms with van der Waals surface area (Å²) in [4.78, 5) is 30.3. The van der Waals surface area contributed by atoms with Crippen molar-refractivity contribution in [3.05, 3.63) is 70.6 Å². The van der Waals surface area contributed by atoms with Crippen LogP contribution in [0.4, 0.5) is 10.1 Å². The summed E-state index contributed by atoms with van der Waals surface area (Å²) < 4.78 is 13.4. The molecule has 1 N–H and O–H groups in total. The van der Waals surface area contributed by atoms with Crippen LogP contribution < -0.4 is 5.32 Å². The van der Waals surface area contributed by atoms with Crippen molar-refractivity contribution < 1.29 is 14.0 Å². The van der Waals surface area contributed by atoms with Crippen LogP contribution in [0.3, 0.4) is 0 Å². The number of unbranched alkanes of at least 4 members (excludes halogenated alkanes) is 5. The Morgan fingerprint density at radius 3 is 2.47 bits per heavy atom. The largest absolute Gasteiger partial charge is 0.384 e. The number of rotatable bonds is 10. The highest BCUT2D eigenvalue weighted by atomic mass is 35.5. The van der Waals surface area contributed by atoms with E-state index in [0.717, 1.165) is 67.7 Å². The fraction of sp³-hybridized carbons (Fsp3) is 0.320. The van der Waals surface area contributed by atoms with Gasteiger partial charge in [0.05, 0.1) is 16.6 Å². The Balaban J connectivity index is 1.12. The van der Waals surface area contributed by atoms with Crippen molar-refractivity contribution in [3.8, 4) is 0 Å². The van der Waals surface area contributed by atoms with Gasteiger partial charge in [0, 0.05) is 35.4 Å². The standard InChI is InChI=1S/C25H25ClFN3O2/c26-17-7-9-20-22(11-13-29-23(20)15-17)28-12-5-3-1-2-4-6-14-30-24(31)19-10-8-18(27)16-21(19)25(30)32/h7-11,13,15-16H,1-6,12,14H2,(H,28,29). The SMILES string of the molecule is O=C1c2ccc(F)cc2C(=O)N1CCCCCCCCNc1ccnc2cc(Cl)ccc12. The number of hydrogen-bond acceptors (Lipinski definition) is 4.